The fraction of sp³-hybridized carbons (Fsp3) is 0.806. The molecule has 1 fully saturated rings. The third-order valence-electron chi connectivity index (χ3n) is 16.4. The highest BCUT2D eigenvalue weighted by Gasteiger charge is 2.46. The molecule has 12 atom stereocenters. The Hall–Kier alpha value is -6.40. The van der Waals surface area contributed by atoms with Crippen LogP contribution in [-0.4, -0.2) is 238 Å². The number of carbonyl (C=O) groups excluding carboxylic acids is 11. The van der Waals surface area contributed by atoms with E-state index in [1.54, 1.807) is 41.5 Å². The number of aliphatic hydroxyl groups is 1. The molecule has 0 bridgehead atoms. The number of hydrogen-bond acceptors (Lipinski definition) is 13. The maximum Gasteiger partial charge on any atom is 0.303 e. The second-order valence-corrected chi connectivity index (χ2v) is 26.6. The van der Waals surface area contributed by atoms with E-state index in [0.29, 0.717) is 0 Å². The lowest BCUT2D eigenvalue weighted by molar-refractivity contribution is -0.157. The molecule has 0 aromatic carbocycles. The van der Waals surface area contributed by atoms with E-state index in [1.165, 1.54) is 87.7 Å². The number of nitrogens with one attached hydrogen (secondary N) is 4. The van der Waals surface area contributed by atoms with Gasteiger partial charge in [0.05, 0.1) is 12.6 Å². The Morgan fingerprint density at radius 2 is 0.885 bits per heavy atom. The van der Waals surface area contributed by atoms with Crippen molar-refractivity contribution in [3.05, 3.63) is 0 Å². The maximum atomic E-state index is 15.2. The van der Waals surface area contributed by atoms with Crippen LogP contribution < -0.4 is 21.3 Å². The summed E-state index contributed by atoms with van der Waals surface area (Å²) in [4.78, 5) is 180. The van der Waals surface area contributed by atoms with Crippen molar-refractivity contribution >= 4 is 70.9 Å². The fourth-order valence-corrected chi connectivity index (χ4v) is 10.9. The lowest BCUT2D eigenvalue weighted by atomic mass is 9.90. The molecule has 25 nitrogen and oxygen atoms in total. The molecule has 1 aliphatic heterocycles. The van der Waals surface area contributed by atoms with Gasteiger partial charge in [0.1, 0.15) is 60.4 Å². The van der Waals surface area contributed by atoms with Gasteiger partial charge in [0.25, 0.3) is 0 Å². The van der Waals surface area contributed by atoms with Crippen molar-refractivity contribution in [2.24, 2.45) is 41.4 Å². The Morgan fingerprint density at radius 1 is 0.471 bits per heavy atom. The van der Waals surface area contributed by atoms with E-state index in [1.807, 2.05) is 55.4 Å². The minimum atomic E-state index is -1.73. The summed E-state index contributed by atoms with van der Waals surface area (Å²) >= 11 is 0. The molecule has 498 valence electrons. The SMILES string of the molecule is CC[C@@H]1NC(=O)C([C@H](O)[C@H](C)CCCC(=O)O)N(C)C(=O)[C@H](C(C)C)N(C)C(=O)[C@H](CC(C)C)N(C)C(=O)[C@H](CC(C)C)N(C)C(=O)[C@@H](C)NC(=O)[C@H](C)NC(=O)[C@H](CC(C)C)N(C)C(=O)[C@H](C(C)C)NC(=O)[C@H](CC(C)C)N(C)C(=O)CN(C)C1=O. The van der Waals surface area contributed by atoms with Crippen molar-refractivity contribution in [1.29, 1.82) is 0 Å². The summed E-state index contributed by atoms with van der Waals surface area (Å²) in [5.41, 5.74) is 0. The summed E-state index contributed by atoms with van der Waals surface area (Å²) in [6.45, 7) is 27.0. The second kappa shape index (κ2) is 35.6. The van der Waals surface area contributed by atoms with Crippen LogP contribution in [0, 0.1) is 41.4 Å². The van der Waals surface area contributed by atoms with Crippen molar-refractivity contribution in [2.45, 2.75) is 229 Å². The predicted octanol–water partition coefficient (Wildman–Crippen LogP) is 2.56. The van der Waals surface area contributed by atoms with Crippen LogP contribution in [0.2, 0.25) is 0 Å². The van der Waals surface area contributed by atoms with Crippen LogP contribution in [0.1, 0.15) is 162 Å². The number of hydrogen-bond donors (Lipinski definition) is 6. The first-order valence-corrected chi connectivity index (χ1v) is 31.0. The number of aliphatic carboxylic acids is 1. The highest BCUT2D eigenvalue weighted by atomic mass is 16.4. The zero-order valence-electron chi connectivity index (χ0n) is 56.7. The number of carboxylic acid groups (broad SMARTS) is 1. The highest BCUT2D eigenvalue weighted by Crippen LogP contribution is 2.26. The van der Waals surface area contributed by atoms with E-state index in [2.05, 4.69) is 21.3 Å². The molecule has 87 heavy (non-hydrogen) atoms. The van der Waals surface area contributed by atoms with E-state index in [4.69, 9.17) is 0 Å². The zero-order valence-corrected chi connectivity index (χ0v) is 56.7. The number of carbonyl (C=O) groups is 12. The first kappa shape index (κ1) is 78.6. The van der Waals surface area contributed by atoms with Gasteiger partial charge in [-0.15, -0.1) is 0 Å². The van der Waals surface area contributed by atoms with E-state index in [-0.39, 0.29) is 75.0 Å². The number of nitrogens with zero attached hydrogens (tertiary/aromatic N) is 7. The molecule has 25 heteroatoms. The fourth-order valence-electron chi connectivity index (χ4n) is 10.9. The Balaban J connectivity index is 4.34. The molecule has 1 saturated heterocycles. The molecule has 0 saturated carbocycles. The van der Waals surface area contributed by atoms with Gasteiger partial charge in [-0.05, 0) is 100 Å². The number of likely N-dealkylation sites (N-methyl/N-ethyl adjacent to an activating group) is 7. The molecule has 0 radical (unpaired) electrons. The third-order valence-corrected chi connectivity index (χ3v) is 16.4. The molecule has 1 unspecified atom stereocenters. The lowest BCUT2D eigenvalue weighted by Crippen LogP contribution is -2.63. The molecule has 0 aromatic heterocycles. The molecular formula is C62H111N11O14. The van der Waals surface area contributed by atoms with Crippen LogP contribution in [0.25, 0.3) is 0 Å². The molecule has 0 spiro atoms. The maximum absolute atomic E-state index is 15.2. The number of carboxylic acids is 1. The summed E-state index contributed by atoms with van der Waals surface area (Å²) in [7, 11) is 9.68. The minimum absolute atomic E-state index is 0.0326. The van der Waals surface area contributed by atoms with Crippen molar-refractivity contribution in [2.75, 3.05) is 55.9 Å². The molecule has 1 aliphatic rings. The van der Waals surface area contributed by atoms with E-state index >= 15 is 9.59 Å². The predicted molar refractivity (Wildman–Crippen MR) is 331 cm³/mol. The van der Waals surface area contributed by atoms with Crippen LogP contribution in [0.3, 0.4) is 0 Å². The average molecular weight is 1230 g/mol. The van der Waals surface area contributed by atoms with Gasteiger partial charge in [-0.3, -0.25) is 57.5 Å². The van der Waals surface area contributed by atoms with E-state index in [9.17, 15) is 58.2 Å². The van der Waals surface area contributed by atoms with Gasteiger partial charge in [-0.2, -0.15) is 0 Å². The molecule has 1 rings (SSSR count). The largest absolute Gasteiger partial charge is 0.481 e. The van der Waals surface area contributed by atoms with E-state index < -0.39 is 162 Å². The molecule has 0 aliphatic carbocycles. The highest BCUT2D eigenvalue weighted by molar-refractivity contribution is 5.99. The Morgan fingerprint density at radius 3 is 1.33 bits per heavy atom. The first-order valence-electron chi connectivity index (χ1n) is 31.0. The second-order valence-electron chi connectivity index (χ2n) is 26.6. The van der Waals surface area contributed by atoms with Crippen molar-refractivity contribution < 1.29 is 67.7 Å². The Labute approximate surface area is 518 Å². The normalized spacial score (nSPS) is 26.4. The lowest BCUT2D eigenvalue weighted by Gasteiger charge is -2.41. The van der Waals surface area contributed by atoms with Crippen LogP contribution >= 0.6 is 0 Å². The molecule has 6 N–H and O–H groups in total. The Bertz CT molecular complexity index is 2380. The topological polar surface area (TPSA) is 316 Å². The smallest absolute Gasteiger partial charge is 0.303 e. The average Bonchev–Trinajstić information content (AvgIpc) is 1.19. The number of rotatable bonds is 17. The number of amides is 11. The monoisotopic (exact) mass is 1230 g/mol. The van der Waals surface area contributed by atoms with E-state index in [0.717, 1.165) is 9.80 Å². The van der Waals surface area contributed by atoms with Gasteiger partial charge in [-0.1, -0.05) is 96.9 Å². The van der Waals surface area contributed by atoms with Gasteiger partial charge in [0.15, 0.2) is 0 Å². The van der Waals surface area contributed by atoms with Crippen molar-refractivity contribution in [3.63, 3.8) is 0 Å². The van der Waals surface area contributed by atoms with Gasteiger partial charge < -0.3 is 65.8 Å². The molecule has 0 aromatic rings. The van der Waals surface area contributed by atoms with Crippen molar-refractivity contribution in [3.8, 4) is 0 Å². The van der Waals surface area contributed by atoms with Crippen LogP contribution in [0.4, 0.5) is 0 Å². The molecule has 11 amide bonds. The van der Waals surface area contributed by atoms with Gasteiger partial charge >= 0.3 is 5.97 Å². The van der Waals surface area contributed by atoms with Crippen LogP contribution in [0.15, 0.2) is 0 Å². The summed E-state index contributed by atoms with van der Waals surface area (Å²) in [6, 6.07) is -12.8. The summed E-state index contributed by atoms with van der Waals surface area (Å²) < 4.78 is 0. The van der Waals surface area contributed by atoms with Crippen molar-refractivity contribution in [1.82, 2.24) is 55.6 Å². The van der Waals surface area contributed by atoms with Crippen LogP contribution in [-0.2, 0) is 57.5 Å². The van der Waals surface area contributed by atoms with Gasteiger partial charge in [-0.25, -0.2) is 0 Å². The summed E-state index contributed by atoms with van der Waals surface area (Å²) in [5, 5.41) is 32.4. The standard InChI is InChI=1S/C62H111N11O14/c1-24-42-58(83)67(17)32-47(74)68(18)43(28-33(2)3)55(80)66-49(37(10)11)61(86)69(19)44(29-34(4)5)54(79)63-40(15)53(78)64-41(16)57(82)70(20)45(30-35(6)7)59(84)71(21)46(31-36(8)9)60(85)72(22)50(38(12)13)62(87)73(23)51(56(81)65-42)52(77)39(14)26-25-27-48(75)76/h33-46,49-52,77H,24-32H2,1-23H3,(H,63,79)(H,64,78)(H,65,81)(H,66,80)(H,75,76)/t39-,40+,41-,42+,43+,44+,45+,46+,49+,50+,51?,52-/m1/s1. The quantitative estimate of drug-likeness (QED) is 0.122. The molecule has 1 heterocycles. The third kappa shape index (κ3) is 22.6. The zero-order chi connectivity index (χ0) is 67.6. The summed E-state index contributed by atoms with van der Waals surface area (Å²) in [5.74, 6) is -11.6. The Kier molecular flexibility index (Phi) is 32.1. The van der Waals surface area contributed by atoms with Gasteiger partial charge in [0, 0.05) is 55.8 Å². The first-order chi connectivity index (χ1) is 40.1. The van der Waals surface area contributed by atoms with Crippen LogP contribution in [0.5, 0.6) is 0 Å². The molecular weight excluding hydrogens is 1120 g/mol. The minimum Gasteiger partial charge on any atom is -0.481 e. The van der Waals surface area contributed by atoms with Gasteiger partial charge in [0.2, 0.25) is 65.0 Å². The summed E-state index contributed by atoms with van der Waals surface area (Å²) in [6.07, 6.45) is -1.19. The number of aliphatic hydroxyl groups excluding tert-OH is 1.